The van der Waals surface area contributed by atoms with Crippen molar-refractivity contribution >= 4 is 5.91 Å². The molecule has 1 N–H and O–H groups in total. The zero-order valence-electron chi connectivity index (χ0n) is 15.7. The molecule has 1 aromatic heterocycles. The predicted molar refractivity (Wildman–Crippen MR) is 101 cm³/mol. The summed E-state index contributed by atoms with van der Waals surface area (Å²) >= 11 is 0. The van der Waals surface area contributed by atoms with Crippen LogP contribution < -0.4 is 5.56 Å². The summed E-state index contributed by atoms with van der Waals surface area (Å²) in [4.78, 5) is 35.8. The Morgan fingerprint density at radius 3 is 2.65 bits per heavy atom. The van der Waals surface area contributed by atoms with Crippen molar-refractivity contribution in [3.8, 4) is 0 Å². The number of hydrogen-bond acceptors (Lipinski definition) is 4. The zero-order chi connectivity index (χ0) is 18.7. The lowest BCUT2D eigenvalue weighted by molar-refractivity contribution is 0.0609. The largest absolute Gasteiger partial charge is 0.331 e. The third-order valence-electron chi connectivity index (χ3n) is 4.78. The quantitative estimate of drug-likeness (QED) is 0.916. The van der Waals surface area contributed by atoms with Crippen LogP contribution in [0.25, 0.3) is 0 Å². The van der Waals surface area contributed by atoms with Crippen molar-refractivity contribution in [3.63, 3.8) is 0 Å². The van der Waals surface area contributed by atoms with E-state index in [1.165, 1.54) is 11.8 Å². The summed E-state index contributed by atoms with van der Waals surface area (Å²) in [6.07, 6.45) is 4.34. The van der Waals surface area contributed by atoms with E-state index >= 15 is 0 Å². The van der Waals surface area contributed by atoms with Crippen LogP contribution in [0.3, 0.4) is 0 Å². The Hall–Kier alpha value is -2.47. The lowest BCUT2D eigenvalue weighted by atomic mass is 9.94. The van der Waals surface area contributed by atoms with Crippen molar-refractivity contribution in [1.29, 1.82) is 0 Å². The number of carbonyl (C=O) groups excluding carboxylic acids is 1. The van der Waals surface area contributed by atoms with Gasteiger partial charge in [0.15, 0.2) is 0 Å². The predicted octanol–water partition coefficient (Wildman–Crippen LogP) is 2.51. The van der Waals surface area contributed by atoms with E-state index in [2.05, 4.69) is 39.1 Å². The fourth-order valence-electron chi connectivity index (χ4n) is 3.52. The molecule has 6 heteroatoms. The number of piperidine rings is 1. The van der Waals surface area contributed by atoms with Crippen LogP contribution in [0.5, 0.6) is 0 Å². The third kappa shape index (κ3) is 4.02. The highest BCUT2D eigenvalue weighted by atomic mass is 16.2. The normalized spacial score (nSPS) is 17.5. The second-order valence-electron chi connectivity index (χ2n) is 7.20. The molecule has 6 nitrogen and oxygen atoms in total. The number of H-pyrrole nitrogens is 1. The maximum absolute atomic E-state index is 13.0. The molecule has 0 aliphatic carbocycles. The van der Waals surface area contributed by atoms with Gasteiger partial charge in [-0.1, -0.05) is 24.3 Å². The number of aromatic nitrogens is 2. The number of likely N-dealkylation sites (tertiary alicyclic amines) is 1. The van der Waals surface area contributed by atoms with Crippen molar-refractivity contribution in [2.75, 3.05) is 20.6 Å². The summed E-state index contributed by atoms with van der Waals surface area (Å²) in [5.41, 5.74) is 2.11. The molecule has 0 unspecified atom stereocenters. The first-order chi connectivity index (χ1) is 12.5. The van der Waals surface area contributed by atoms with Crippen molar-refractivity contribution in [2.24, 2.45) is 0 Å². The number of benzene rings is 1. The molecule has 1 aliphatic rings. The topological polar surface area (TPSA) is 69.3 Å². The van der Waals surface area contributed by atoms with E-state index in [0.29, 0.717) is 12.4 Å². The van der Waals surface area contributed by atoms with Crippen molar-refractivity contribution in [3.05, 3.63) is 63.3 Å². The average molecular weight is 354 g/mol. The first kappa shape index (κ1) is 18.3. The molecule has 1 saturated heterocycles. The van der Waals surface area contributed by atoms with E-state index in [1.54, 1.807) is 6.92 Å². The molecule has 1 fully saturated rings. The van der Waals surface area contributed by atoms with Crippen LogP contribution >= 0.6 is 0 Å². The molecule has 1 amide bonds. The van der Waals surface area contributed by atoms with Crippen molar-refractivity contribution < 1.29 is 4.79 Å². The average Bonchev–Trinajstić information content (AvgIpc) is 2.61. The van der Waals surface area contributed by atoms with Crippen LogP contribution in [0.2, 0.25) is 0 Å². The van der Waals surface area contributed by atoms with Crippen LogP contribution in [0.1, 0.15) is 52.6 Å². The molecule has 0 bridgehead atoms. The number of rotatable bonds is 4. The van der Waals surface area contributed by atoms with Gasteiger partial charge in [-0.3, -0.25) is 9.59 Å². The molecule has 2 aromatic rings. The summed E-state index contributed by atoms with van der Waals surface area (Å²) in [7, 11) is 4.09. The Morgan fingerprint density at radius 1 is 1.27 bits per heavy atom. The van der Waals surface area contributed by atoms with Gasteiger partial charge in [-0.15, -0.1) is 0 Å². The molecular formula is C20H26N4O2. The van der Waals surface area contributed by atoms with E-state index in [0.717, 1.165) is 31.4 Å². The van der Waals surface area contributed by atoms with Gasteiger partial charge in [0.25, 0.3) is 11.5 Å². The highest BCUT2D eigenvalue weighted by Crippen LogP contribution is 2.32. The number of nitrogens with one attached hydrogen (secondary N) is 1. The van der Waals surface area contributed by atoms with E-state index in [-0.39, 0.29) is 23.1 Å². The smallest absolute Gasteiger partial charge is 0.263 e. The Labute approximate surface area is 153 Å². The molecule has 0 radical (unpaired) electrons. The molecule has 1 aromatic carbocycles. The zero-order valence-corrected chi connectivity index (χ0v) is 15.7. The van der Waals surface area contributed by atoms with Crippen LogP contribution in [0.15, 0.2) is 35.3 Å². The minimum atomic E-state index is -0.367. The SMILES string of the molecule is Cc1ncc(C(=O)N2CCCC[C@H]2c2ccc(CN(C)C)cc2)c(=O)[nH]1. The molecular weight excluding hydrogens is 328 g/mol. The van der Waals surface area contributed by atoms with Gasteiger partial charge in [-0.05, 0) is 51.4 Å². The minimum Gasteiger partial charge on any atom is -0.331 e. The number of aryl methyl sites for hydroxylation is 1. The molecule has 2 heterocycles. The second-order valence-corrected chi connectivity index (χ2v) is 7.20. The lowest BCUT2D eigenvalue weighted by Gasteiger charge is -2.36. The van der Waals surface area contributed by atoms with Gasteiger partial charge in [0, 0.05) is 19.3 Å². The fourth-order valence-corrected chi connectivity index (χ4v) is 3.52. The summed E-state index contributed by atoms with van der Waals surface area (Å²) in [5.74, 6) is 0.277. The summed E-state index contributed by atoms with van der Waals surface area (Å²) in [6.45, 7) is 3.25. The summed E-state index contributed by atoms with van der Waals surface area (Å²) < 4.78 is 0. The highest BCUT2D eigenvalue weighted by Gasteiger charge is 2.30. The number of hydrogen-bond donors (Lipinski definition) is 1. The lowest BCUT2D eigenvalue weighted by Crippen LogP contribution is -2.40. The van der Waals surface area contributed by atoms with Crippen molar-refractivity contribution in [2.45, 2.75) is 38.8 Å². The van der Waals surface area contributed by atoms with E-state index in [9.17, 15) is 9.59 Å². The molecule has 0 spiro atoms. The molecule has 1 atom stereocenters. The van der Waals surface area contributed by atoms with Gasteiger partial charge >= 0.3 is 0 Å². The van der Waals surface area contributed by atoms with Gasteiger partial charge < -0.3 is 14.8 Å². The molecule has 3 rings (SSSR count). The van der Waals surface area contributed by atoms with Crippen LogP contribution in [0.4, 0.5) is 0 Å². The van der Waals surface area contributed by atoms with Crippen molar-refractivity contribution in [1.82, 2.24) is 19.8 Å². The number of amides is 1. The fraction of sp³-hybridized carbons (Fsp3) is 0.450. The van der Waals surface area contributed by atoms with Gasteiger partial charge in [0.1, 0.15) is 11.4 Å². The standard InChI is InChI=1S/C20H26N4O2/c1-14-21-12-17(19(25)22-14)20(26)24-11-5-4-6-18(24)16-9-7-15(8-10-16)13-23(2)3/h7-10,12,18H,4-6,11,13H2,1-3H3,(H,21,22,25)/t18-/m0/s1. The van der Waals surface area contributed by atoms with E-state index in [4.69, 9.17) is 0 Å². The molecule has 26 heavy (non-hydrogen) atoms. The minimum absolute atomic E-state index is 0.00496. The van der Waals surface area contributed by atoms with E-state index < -0.39 is 0 Å². The van der Waals surface area contributed by atoms with E-state index in [1.807, 2.05) is 19.0 Å². The maximum atomic E-state index is 13.0. The summed E-state index contributed by atoms with van der Waals surface area (Å²) in [6, 6.07) is 8.45. The first-order valence-electron chi connectivity index (χ1n) is 9.06. The Morgan fingerprint density at radius 2 is 2.00 bits per heavy atom. The molecule has 0 saturated carbocycles. The molecule has 138 valence electrons. The number of nitrogens with zero attached hydrogens (tertiary/aromatic N) is 3. The summed E-state index contributed by atoms with van der Waals surface area (Å²) in [5, 5.41) is 0. The third-order valence-corrected chi connectivity index (χ3v) is 4.78. The Kier molecular flexibility index (Phi) is 5.52. The number of aromatic amines is 1. The maximum Gasteiger partial charge on any atom is 0.263 e. The van der Waals surface area contributed by atoms with Gasteiger partial charge in [0.05, 0.1) is 6.04 Å². The second kappa shape index (κ2) is 7.83. The van der Waals surface area contributed by atoms with Crippen LogP contribution in [-0.2, 0) is 6.54 Å². The Balaban J connectivity index is 1.85. The highest BCUT2D eigenvalue weighted by molar-refractivity contribution is 5.93. The van der Waals surface area contributed by atoms with Crippen LogP contribution in [0, 0.1) is 6.92 Å². The Bertz CT molecular complexity index is 826. The van der Waals surface area contributed by atoms with Gasteiger partial charge in [-0.25, -0.2) is 4.98 Å². The molecule has 1 aliphatic heterocycles. The van der Waals surface area contributed by atoms with Crippen LogP contribution in [-0.4, -0.2) is 46.3 Å². The first-order valence-corrected chi connectivity index (χ1v) is 9.06. The van der Waals surface area contributed by atoms with Gasteiger partial charge in [0.2, 0.25) is 0 Å². The number of carbonyl (C=O) groups is 1. The van der Waals surface area contributed by atoms with Gasteiger partial charge in [-0.2, -0.15) is 0 Å². The monoisotopic (exact) mass is 354 g/mol.